The van der Waals surface area contributed by atoms with Crippen molar-refractivity contribution in [2.24, 2.45) is 0 Å². The Labute approximate surface area is 121 Å². The number of amides is 1. The Bertz CT molecular complexity index is 407. The van der Waals surface area contributed by atoms with E-state index in [4.69, 9.17) is 0 Å². The maximum atomic E-state index is 11.7. The van der Waals surface area contributed by atoms with E-state index in [0.29, 0.717) is 12.5 Å². The van der Waals surface area contributed by atoms with Crippen LogP contribution in [0.1, 0.15) is 24.8 Å². The lowest BCUT2D eigenvalue weighted by Gasteiger charge is -2.24. The number of carbonyl (C=O) groups is 1. The first-order chi connectivity index (χ1) is 9.79. The standard InChI is InChI=1S/C16H25N3O/c1-17-10-9-16(20)18-12-15-8-5-11-19(15)13-14-6-3-2-4-7-14/h2-4,6-7,15,17H,5,8-13H2,1H3,(H,18,20). The first-order valence-corrected chi connectivity index (χ1v) is 7.49. The number of nitrogens with zero attached hydrogens (tertiary/aromatic N) is 1. The van der Waals surface area contributed by atoms with Gasteiger partial charge in [-0.2, -0.15) is 0 Å². The van der Waals surface area contributed by atoms with Crippen LogP contribution in [0.25, 0.3) is 0 Å². The quantitative estimate of drug-likeness (QED) is 0.790. The fourth-order valence-electron chi connectivity index (χ4n) is 2.71. The van der Waals surface area contributed by atoms with Gasteiger partial charge in [0, 0.05) is 32.1 Å². The average Bonchev–Trinajstić information content (AvgIpc) is 2.91. The molecule has 1 aliphatic heterocycles. The molecule has 1 atom stereocenters. The summed E-state index contributed by atoms with van der Waals surface area (Å²) in [6.45, 7) is 3.63. The summed E-state index contributed by atoms with van der Waals surface area (Å²) in [5.74, 6) is 0.144. The predicted octanol–water partition coefficient (Wildman–Crippen LogP) is 1.38. The van der Waals surface area contributed by atoms with E-state index in [1.165, 1.54) is 18.4 Å². The molecule has 20 heavy (non-hydrogen) atoms. The van der Waals surface area contributed by atoms with E-state index in [1.54, 1.807) is 0 Å². The van der Waals surface area contributed by atoms with E-state index in [2.05, 4.69) is 39.8 Å². The van der Waals surface area contributed by atoms with Gasteiger partial charge in [0.1, 0.15) is 0 Å². The average molecular weight is 275 g/mol. The molecule has 1 saturated heterocycles. The molecule has 1 aromatic carbocycles. The summed E-state index contributed by atoms with van der Waals surface area (Å²) < 4.78 is 0. The molecule has 0 radical (unpaired) electrons. The summed E-state index contributed by atoms with van der Waals surface area (Å²) in [5, 5.41) is 6.05. The van der Waals surface area contributed by atoms with Crippen LogP contribution in [-0.4, -0.2) is 43.5 Å². The fraction of sp³-hybridized carbons (Fsp3) is 0.562. The lowest BCUT2D eigenvalue weighted by molar-refractivity contribution is -0.121. The molecule has 4 nitrogen and oxygen atoms in total. The third kappa shape index (κ3) is 4.62. The first kappa shape index (κ1) is 15.0. The predicted molar refractivity (Wildman–Crippen MR) is 81.4 cm³/mol. The minimum atomic E-state index is 0.144. The maximum absolute atomic E-state index is 11.7. The molecule has 0 spiro atoms. The van der Waals surface area contributed by atoms with Crippen molar-refractivity contribution in [3.05, 3.63) is 35.9 Å². The van der Waals surface area contributed by atoms with Gasteiger partial charge in [0.05, 0.1) is 0 Å². The zero-order valence-electron chi connectivity index (χ0n) is 12.3. The van der Waals surface area contributed by atoms with Crippen LogP contribution in [-0.2, 0) is 11.3 Å². The molecule has 1 heterocycles. The molecule has 1 aromatic rings. The van der Waals surface area contributed by atoms with Crippen molar-refractivity contribution in [1.29, 1.82) is 0 Å². The lowest BCUT2D eigenvalue weighted by atomic mass is 10.2. The smallest absolute Gasteiger partial charge is 0.221 e. The molecular weight excluding hydrogens is 250 g/mol. The molecule has 1 fully saturated rings. The molecule has 0 aliphatic carbocycles. The van der Waals surface area contributed by atoms with E-state index in [-0.39, 0.29) is 5.91 Å². The van der Waals surface area contributed by atoms with Crippen LogP contribution in [0.15, 0.2) is 30.3 Å². The number of hydrogen-bond acceptors (Lipinski definition) is 3. The van der Waals surface area contributed by atoms with Crippen molar-refractivity contribution in [3.8, 4) is 0 Å². The third-order valence-corrected chi connectivity index (χ3v) is 3.86. The van der Waals surface area contributed by atoms with E-state index in [1.807, 2.05) is 13.1 Å². The zero-order chi connectivity index (χ0) is 14.2. The van der Waals surface area contributed by atoms with E-state index >= 15 is 0 Å². The molecule has 1 amide bonds. The van der Waals surface area contributed by atoms with Gasteiger partial charge in [-0.25, -0.2) is 0 Å². The minimum absolute atomic E-state index is 0.144. The Morgan fingerprint density at radius 1 is 1.35 bits per heavy atom. The molecule has 0 aromatic heterocycles. The summed E-state index contributed by atoms with van der Waals surface area (Å²) in [7, 11) is 1.87. The second-order valence-corrected chi connectivity index (χ2v) is 5.41. The highest BCUT2D eigenvalue weighted by Gasteiger charge is 2.24. The summed E-state index contributed by atoms with van der Waals surface area (Å²) in [6, 6.07) is 11.0. The van der Waals surface area contributed by atoms with Crippen LogP contribution < -0.4 is 10.6 Å². The van der Waals surface area contributed by atoms with Crippen LogP contribution in [0.3, 0.4) is 0 Å². The lowest BCUT2D eigenvalue weighted by Crippen LogP contribution is -2.40. The van der Waals surface area contributed by atoms with Gasteiger partial charge >= 0.3 is 0 Å². The molecule has 0 bridgehead atoms. The van der Waals surface area contributed by atoms with Gasteiger partial charge in [0.15, 0.2) is 0 Å². The first-order valence-electron chi connectivity index (χ1n) is 7.49. The number of nitrogens with one attached hydrogen (secondary N) is 2. The van der Waals surface area contributed by atoms with Crippen LogP contribution in [0.5, 0.6) is 0 Å². The summed E-state index contributed by atoms with van der Waals surface area (Å²) in [6.07, 6.45) is 2.96. The molecule has 4 heteroatoms. The van der Waals surface area contributed by atoms with Crippen molar-refractivity contribution < 1.29 is 4.79 Å². The summed E-state index contributed by atoms with van der Waals surface area (Å²) >= 11 is 0. The molecule has 1 unspecified atom stereocenters. The monoisotopic (exact) mass is 275 g/mol. The number of rotatable bonds is 7. The molecular formula is C16H25N3O. The van der Waals surface area contributed by atoms with Crippen LogP contribution in [0.4, 0.5) is 0 Å². The number of likely N-dealkylation sites (tertiary alicyclic amines) is 1. The van der Waals surface area contributed by atoms with Crippen molar-refractivity contribution in [2.75, 3.05) is 26.7 Å². The topological polar surface area (TPSA) is 44.4 Å². The normalized spacial score (nSPS) is 19.1. The number of hydrogen-bond donors (Lipinski definition) is 2. The highest BCUT2D eigenvalue weighted by atomic mass is 16.1. The second-order valence-electron chi connectivity index (χ2n) is 5.41. The van der Waals surface area contributed by atoms with Gasteiger partial charge in [-0.05, 0) is 32.0 Å². The zero-order valence-corrected chi connectivity index (χ0v) is 12.3. The van der Waals surface area contributed by atoms with Gasteiger partial charge in [-0.3, -0.25) is 9.69 Å². The van der Waals surface area contributed by atoms with Gasteiger partial charge in [-0.15, -0.1) is 0 Å². The van der Waals surface area contributed by atoms with Gasteiger partial charge in [-0.1, -0.05) is 30.3 Å². The Morgan fingerprint density at radius 3 is 2.90 bits per heavy atom. The van der Waals surface area contributed by atoms with Crippen LogP contribution >= 0.6 is 0 Å². The molecule has 1 aliphatic rings. The summed E-state index contributed by atoms with van der Waals surface area (Å²) in [4.78, 5) is 14.1. The maximum Gasteiger partial charge on any atom is 0.221 e. The van der Waals surface area contributed by atoms with Gasteiger partial charge in [0.2, 0.25) is 5.91 Å². The van der Waals surface area contributed by atoms with Crippen molar-refractivity contribution >= 4 is 5.91 Å². The van der Waals surface area contributed by atoms with Crippen LogP contribution in [0, 0.1) is 0 Å². The van der Waals surface area contributed by atoms with Gasteiger partial charge < -0.3 is 10.6 Å². The molecule has 2 N–H and O–H groups in total. The molecule has 110 valence electrons. The van der Waals surface area contributed by atoms with Crippen molar-refractivity contribution in [2.45, 2.75) is 31.8 Å². The highest BCUT2D eigenvalue weighted by molar-refractivity contribution is 5.76. The molecule has 0 saturated carbocycles. The second kappa shape index (κ2) is 8.02. The number of benzene rings is 1. The molecule has 2 rings (SSSR count). The Kier molecular flexibility index (Phi) is 6.02. The van der Waals surface area contributed by atoms with E-state index in [0.717, 1.165) is 26.2 Å². The minimum Gasteiger partial charge on any atom is -0.354 e. The summed E-state index contributed by atoms with van der Waals surface area (Å²) in [5.41, 5.74) is 1.35. The largest absolute Gasteiger partial charge is 0.354 e. The van der Waals surface area contributed by atoms with Crippen molar-refractivity contribution in [1.82, 2.24) is 15.5 Å². The fourth-order valence-corrected chi connectivity index (χ4v) is 2.71. The highest BCUT2D eigenvalue weighted by Crippen LogP contribution is 2.19. The van der Waals surface area contributed by atoms with E-state index in [9.17, 15) is 4.79 Å². The van der Waals surface area contributed by atoms with Crippen molar-refractivity contribution in [3.63, 3.8) is 0 Å². The van der Waals surface area contributed by atoms with Gasteiger partial charge in [0.25, 0.3) is 0 Å². The Morgan fingerprint density at radius 2 is 2.15 bits per heavy atom. The number of carbonyl (C=O) groups excluding carboxylic acids is 1. The van der Waals surface area contributed by atoms with Crippen LogP contribution in [0.2, 0.25) is 0 Å². The third-order valence-electron chi connectivity index (χ3n) is 3.86. The Hall–Kier alpha value is -1.39. The Balaban J connectivity index is 1.77. The SMILES string of the molecule is CNCCC(=O)NCC1CCCN1Cc1ccccc1. The van der Waals surface area contributed by atoms with E-state index < -0.39 is 0 Å².